The summed E-state index contributed by atoms with van der Waals surface area (Å²) in [5.74, 6) is 4.32. The highest BCUT2D eigenvalue weighted by Crippen LogP contribution is 2.56. The molecule has 3 aliphatic rings. The van der Waals surface area contributed by atoms with E-state index >= 15 is 0 Å². The van der Waals surface area contributed by atoms with Crippen molar-refractivity contribution in [2.75, 3.05) is 23.0 Å². The molecule has 3 saturated heterocycles. The summed E-state index contributed by atoms with van der Waals surface area (Å²) >= 11 is 2.07. The second-order valence-electron chi connectivity index (χ2n) is 7.15. The molecular weight excluding hydrogens is 348 g/mol. The number of ketones is 1. The van der Waals surface area contributed by atoms with E-state index in [0.29, 0.717) is 28.9 Å². The van der Waals surface area contributed by atoms with Crippen molar-refractivity contribution < 1.29 is 14.4 Å². The Labute approximate surface area is 148 Å². The fraction of sp³-hybridized carbons (Fsp3) is 0.824. The molecule has 0 aromatic heterocycles. The van der Waals surface area contributed by atoms with Gasteiger partial charge in [-0.1, -0.05) is 0 Å². The lowest BCUT2D eigenvalue weighted by Gasteiger charge is -2.48. The van der Waals surface area contributed by atoms with Gasteiger partial charge in [-0.3, -0.25) is 4.79 Å². The summed E-state index contributed by atoms with van der Waals surface area (Å²) < 4.78 is 0.168. The van der Waals surface area contributed by atoms with Gasteiger partial charge in [0.15, 0.2) is 0 Å². The predicted molar refractivity (Wildman–Crippen MR) is 101 cm³/mol. The van der Waals surface area contributed by atoms with Gasteiger partial charge in [0.25, 0.3) is 0 Å². The van der Waals surface area contributed by atoms with Crippen molar-refractivity contribution in [2.24, 2.45) is 0 Å². The van der Waals surface area contributed by atoms with E-state index in [1.165, 1.54) is 0 Å². The van der Waals surface area contributed by atoms with Crippen LogP contribution in [0.3, 0.4) is 0 Å². The van der Waals surface area contributed by atoms with Crippen molar-refractivity contribution in [3.8, 4) is 0 Å². The first-order valence-corrected chi connectivity index (χ1v) is 12.4. The zero-order chi connectivity index (χ0) is 16.7. The van der Waals surface area contributed by atoms with Crippen molar-refractivity contribution in [1.82, 2.24) is 0 Å². The standard InChI is InChI=1S/C17H26O3S3/c1-13(18)22-7-3-16(4-8-22)11-15(20)12-17(21-16)5-9-23(10-6-17)14(2)19/h3-12H2,1-2H3/q+2. The van der Waals surface area contributed by atoms with Crippen LogP contribution in [-0.4, -0.2) is 48.5 Å². The quantitative estimate of drug-likeness (QED) is 0.611. The molecule has 0 atom stereocenters. The molecular formula is C17H26O3S3+2. The van der Waals surface area contributed by atoms with Crippen molar-refractivity contribution >= 4 is 49.6 Å². The molecule has 6 heteroatoms. The molecule has 0 bridgehead atoms. The third kappa shape index (κ3) is 3.84. The second-order valence-corrected chi connectivity index (χ2v) is 13.8. The molecule has 0 radical (unpaired) electrons. The zero-order valence-corrected chi connectivity index (χ0v) is 16.5. The van der Waals surface area contributed by atoms with Crippen molar-refractivity contribution in [1.29, 1.82) is 0 Å². The average molecular weight is 375 g/mol. The van der Waals surface area contributed by atoms with Crippen LogP contribution in [-0.2, 0) is 36.2 Å². The van der Waals surface area contributed by atoms with Gasteiger partial charge in [0.2, 0.25) is 0 Å². The summed E-state index contributed by atoms with van der Waals surface area (Å²) in [4.78, 5) is 35.8. The van der Waals surface area contributed by atoms with Gasteiger partial charge < -0.3 is 0 Å². The Kier molecular flexibility index (Phi) is 5.25. The van der Waals surface area contributed by atoms with Gasteiger partial charge in [0, 0.05) is 61.9 Å². The summed E-state index contributed by atoms with van der Waals surface area (Å²) in [6, 6.07) is 0. The molecule has 23 heavy (non-hydrogen) atoms. The van der Waals surface area contributed by atoms with Crippen molar-refractivity contribution in [3.63, 3.8) is 0 Å². The third-order valence-electron chi connectivity index (χ3n) is 5.50. The molecule has 128 valence electrons. The SMILES string of the molecule is CC(=O)[S+]1CCC2(CC1)CC(=O)CC1(CC[S+](C(C)=O)CC1)S2. The van der Waals surface area contributed by atoms with Crippen LogP contribution in [0, 0.1) is 0 Å². The van der Waals surface area contributed by atoms with E-state index in [9.17, 15) is 14.4 Å². The average Bonchev–Trinajstić information content (AvgIpc) is 2.47. The molecule has 3 nitrogen and oxygen atoms in total. The molecule has 2 spiro atoms. The number of carbonyl (C=O) groups excluding carboxylic acids is 3. The first-order valence-electron chi connectivity index (χ1n) is 8.41. The van der Waals surface area contributed by atoms with E-state index in [-0.39, 0.29) is 31.3 Å². The first-order chi connectivity index (χ1) is 10.8. The third-order valence-corrected chi connectivity index (χ3v) is 11.9. The summed E-state index contributed by atoms with van der Waals surface area (Å²) in [5, 5.41) is 0.676. The Morgan fingerprint density at radius 1 is 0.826 bits per heavy atom. The smallest absolute Gasteiger partial charge is 0.300 e. The van der Waals surface area contributed by atoms with Gasteiger partial charge in [-0.25, -0.2) is 9.59 Å². The van der Waals surface area contributed by atoms with Gasteiger partial charge in [-0.05, 0) is 0 Å². The summed E-state index contributed by atoms with van der Waals surface area (Å²) in [6.07, 6.45) is 5.48. The Morgan fingerprint density at radius 3 is 1.48 bits per heavy atom. The molecule has 0 amide bonds. The van der Waals surface area contributed by atoms with Crippen LogP contribution in [0.15, 0.2) is 0 Å². The van der Waals surface area contributed by atoms with Crippen LogP contribution in [0.1, 0.15) is 52.4 Å². The Bertz CT molecular complexity index is 471. The summed E-state index contributed by atoms with van der Waals surface area (Å²) in [5.41, 5.74) is 0. The van der Waals surface area contributed by atoms with E-state index in [1.807, 2.05) is 0 Å². The minimum atomic E-state index is -0.0705. The zero-order valence-electron chi connectivity index (χ0n) is 14.0. The number of rotatable bonds is 0. The van der Waals surface area contributed by atoms with Crippen LogP contribution in [0.25, 0.3) is 0 Å². The van der Waals surface area contributed by atoms with Gasteiger partial charge in [-0.15, -0.1) is 11.8 Å². The van der Waals surface area contributed by atoms with Gasteiger partial charge in [0.05, 0.1) is 21.8 Å². The summed E-state index contributed by atoms with van der Waals surface area (Å²) in [6.45, 7) is 3.43. The van der Waals surface area contributed by atoms with Crippen LogP contribution < -0.4 is 0 Å². The molecule has 0 aromatic carbocycles. The molecule has 3 heterocycles. The van der Waals surface area contributed by atoms with Crippen LogP contribution >= 0.6 is 11.8 Å². The Hall–Kier alpha value is 0.0600. The van der Waals surface area contributed by atoms with Crippen LogP contribution in [0.2, 0.25) is 0 Å². The normalized spacial score (nSPS) is 41.2. The highest BCUT2D eigenvalue weighted by Gasteiger charge is 2.54. The molecule has 0 aliphatic carbocycles. The highest BCUT2D eigenvalue weighted by molar-refractivity contribution is 8.11. The van der Waals surface area contributed by atoms with E-state index in [1.54, 1.807) is 13.8 Å². The molecule has 0 saturated carbocycles. The van der Waals surface area contributed by atoms with Crippen molar-refractivity contribution in [2.45, 2.75) is 61.9 Å². The van der Waals surface area contributed by atoms with Crippen LogP contribution in [0.4, 0.5) is 0 Å². The molecule has 0 N–H and O–H groups in total. The second kappa shape index (κ2) is 6.75. The Balaban J connectivity index is 1.70. The lowest BCUT2D eigenvalue weighted by molar-refractivity contribution is -0.120. The monoisotopic (exact) mass is 374 g/mol. The lowest BCUT2D eigenvalue weighted by atomic mass is 9.87. The van der Waals surface area contributed by atoms with E-state index in [4.69, 9.17) is 0 Å². The molecule has 3 fully saturated rings. The molecule has 0 aromatic rings. The van der Waals surface area contributed by atoms with Gasteiger partial charge in [-0.2, -0.15) is 0 Å². The van der Waals surface area contributed by atoms with Crippen molar-refractivity contribution in [3.05, 3.63) is 0 Å². The van der Waals surface area contributed by atoms with E-state index < -0.39 is 0 Å². The van der Waals surface area contributed by atoms with E-state index in [0.717, 1.165) is 48.7 Å². The number of carbonyl (C=O) groups is 3. The van der Waals surface area contributed by atoms with Crippen LogP contribution in [0.5, 0.6) is 0 Å². The molecule has 0 unspecified atom stereocenters. The fourth-order valence-electron chi connectivity index (χ4n) is 4.14. The van der Waals surface area contributed by atoms with E-state index in [2.05, 4.69) is 11.8 Å². The first kappa shape index (κ1) is 17.9. The maximum Gasteiger partial charge on any atom is 0.327 e. The topological polar surface area (TPSA) is 51.2 Å². The maximum absolute atomic E-state index is 12.5. The maximum atomic E-state index is 12.5. The fourth-order valence-corrected chi connectivity index (χ4v) is 11.0. The number of thioether (sulfide) groups is 1. The van der Waals surface area contributed by atoms with Gasteiger partial charge in [0.1, 0.15) is 28.8 Å². The highest BCUT2D eigenvalue weighted by atomic mass is 32.2. The number of hydrogen-bond donors (Lipinski definition) is 0. The predicted octanol–water partition coefficient (Wildman–Crippen LogP) is 2.48. The number of hydrogen-bond acceptors (Lipinski definition) is 4. The Morgan fingerprint density at radius 2 is 1.17 bits per heavy atom. The molecule has 3 aliphatic heterocycles. The van der Waals surface area contributed by atoms with Gasteiger partial charge >= 0.3 is 10.2 Å². The lowest BCUT2D eigenvalue weighted by Crippen LogP contribution is -2.51. The number of Topliss-reactive ketones (excluding diaryl/α,β-unsaturated/α-hetero) is 1. The minimum Gasteiger partial charge on any atom is -0.300 e. The largest absolute Gasteiger partial charge is 0.327 e. The summed E-state index contributed by atoms with van der Waals surface area (Å²) in [7, 11) is -0.141. The minimum absolute atomic E-state index is 0.0705. The molecule has 3 rings (SSSR count).